The third-order valence-electron chi connectivity index (χ3n) is 3.71. The van der Waals surface area contributed by atoms with Gasteiger partial charge in [-0.3, -0.25) is 0 Å². The van der Waals surface area contributed by atoms with Crippen LogP contribution < -0.4 is 5.73 Å². The Morgan fingerprint density at radius 2 is 1.95 bits per heavy atom. The molecule has 4 heteroatoms. The van der Waals surface area contributed by atoms with E-state index in [-0.39, 0.29) is 0 Å². The number of aromatic nitrogens is 2. The average molecular weight is 300 g/mol. The van der Waals surface area contributed by atoms with Crippen LogP contribution in [0.3, 0.4) is 0 Å². The molecule has 0 unspecified atom stereocenters. The molecule has 1 aromatic heterocycles. The van der Waals surface area contributed by atoms with Gasteiger partial charge in [0.15, 0.2) is 0 Å². The van der Waals surface area contributed by atoms with Crippen molar-refractivity contribution in [3.05, 3.63) is 53.1 Å². The Hall–Kier alpha value is -1.84. The van der Waals surface area contributed by atoms with Crippen LogP contribution in [-0.4, -0.2) is 16.1 Å². The molecule has 0 aliphatic heterocycles. The second-order valence-corrected chi connectivity index (χ2v) is 5.39. The third-order valence-corrected chi connectivity index (χ3v) is 4.01. The number of para-hydroxylation sites is 1. The number of fused-ring (bicyclic) bond motifs is 1. The lowest BCUT2D eigenvalue weighted by Crippen LogP contribution is -2.06. The molecule has 0 fully saturated rings. The number of aryl methyl sites for hydroxylation is 1. The van der Waals surface area contributed by atoms with Gasteiger partial charge in [0.1, 0.15) is 5.82 Å². The van der Waals surface area contributed by atoms with E-state index in [1.807, 2.05) is 30.3 Å². The smallest absolute Gasteiger partial charge is 0.141 e. The fraction of sp³-hybridized carbons (Fsp3) is 0.235. The van der Waals surface area contributed by atoms with E-state index >= 15 is 0 Å². The van der Waals surface area contributed by atoms with Gasteiger partial charge in [-0.15, -0.1) is 0 Å². The molecule has 3 rings (SSSR count). The molecule has 0 bridgehead atoms. The average Bonchev–Trinajstić information content (AvgIpc) is 2.88. The molecule has 108 valence electrons. The molecule has 0 spiro atoms. The maximum Gasteiger partial charge on any atom is 0.141 e. The molecule has 1 heterocycles. The van der Waals surface area contributed by atoms with E-state index in [0.717, 1.165) is 40.4 Å². The normalized spacial score (nSPS) is 11.2. The Labute approximate surface area is 129 Å². The summed E-state index contributed by atoms with van der Waals surface area (Å²) in [5.41, 5.74) is 10.0. The fourth-order valence-electron chi connectivity index (χ4n) is 2.77. The van der Waals surface area contributed by atoms with Crippen molar-refractivity contribution in [1.29, 1.82) is 0 Å². The van der Waals surface area contributed by atoms with Crippen molar-refractivity contribution in [2.45, 2.75) is 19.9 Å². The van der Waals surface area contributed by atoms with Crippen LogP contribution in [0.2, 0.25) is 5.02 Å². The van der Waals surface area contributed by atoms with Gasteiger partial charge in [-0.1, -0.05) is 41.9 Å². The Morgan fingerprint density at radius 1 is 1.14 bits per heavy atom. The minimum absolute atomic E-state index is 0.629. The van der Waals surface area contributed by atoms with Crippen LogP contribution in [0, 0.1) is 0 Å². The summed E-state index contributed by atoms with van der Waals surface area (Å²) in [6.07, 6.45) is 0.844. The van der Waals surface area contributed by atoms with Crippen molar-refractivity contribution in [3.8, 4) is 11.4 Å². The molecule has 0 saturated heterocycles. The van der Waals surface area contributed by atoms with Gasteiger partial charge in [0, 0.05) is 12.1 Å². The maximum atomic E-state index is 6.36. The number of nitrogens with two attached hydrogens (primary N) is 1. The summed E-state index contributed by atoms with van der Waals surface area (Å²) in [4.78, 5) is 4.80. The lowest BCUT2D eigenvalue weighted by Gasteiger charge is -2.11. The number of nitrogens with zero attached hydrogens (tertiary/aromatic N) is 2. The van der Waals surface area contributed by atoms with E-state index in [9.17, 15) is 0 Å². The monoisotopic (exact) mass is 299 g/mol. The molecule has 0 saturated carbocycles. The van der Waals surface area contributed by atoms with Crippen molar-refractivity contribution < 1.29 is 0 Å². The van der Waals surface area contributed by atoms with Gasteiger partial charge >= 0.3 is 0 Å². The molecule has 0 aliphatic rings. The van der Waals surface area contributed by atoms with E-state index in [1.54, 1.807) is 0 Å². The zero-order valence-electron chi connectivity index (χ0n) is 12.0. The number of benzene rings is 2. The van der Waals surface area contributed by atoms with Crippen LogP contribution in [0.5, 0.6) is 0 Å². The Balaban J connectivity index is 2.28. The molecule has 21 heavy (non-hydrogen) atoms. The largest absolute Gasteiger partial charge is 0.330 e. The van der Waals surface area contributed by atoms with E-state index in [2.05, 4.69) is 23.6 Å². The highest BCUT2D eigenvalue weighted by atomic mass is 35.5. The van der Waals surface area contributed by atoms with Gasteiger partial charge in [-0.05, 0) is 37.6 Å². The SMILES string of the molecule is CCn1c(-c2ccccc2CCN)nc2cccc(Cl)c21. The standard InChI is InChI=1S/C17H18ClN3/c1-2-21-16-14(18)8-5-9-15(16)20-17(21)13-7-4-3-6-12(13)10-11-19/h3-9H,2,10-11,19H2,1H3. The Morgan fingerprint density at radius 3 is 2.71 bits per heavy atom. The number of halogens is 1. The summed E-state index contributed by atoms with van der Waals surface area (Å²) in [7, 11) is 0. The lowest BCUT2D eigenvalue weighted by atomic mass is 10.0. The molecule has 0 amide bonds. The predicted molar refractivity (Wildman–Crippen MR) is 88.6 cm³/mol. The highest BCUT2D eigenvalue weighted by Gasteiger charge is 2.15. The summed E-state index contributed by atoms with van der Waals surface area (Å²) in [6.45, 7) is 3.57. The summed E-state index contributed by atoms with van der Waals surface area (Å²) in [5, 5.41) is 0.740. The minimum Gasteiger partial charge on any atom is -0.330 e. The summed E-state index contributed by atoms with van der Waals surface area (Å²) >= 11 is 6.36. The molecule has 0 radical (unpaired) electrons. The second kappa shape index (κ2) is 5.88. The zero-order chi connectivity index (χ0) is 14.8. The van der Waals surface area contributed by atoms with E-state index in [1.165, 1.54) is 5.56 Å². The quantitative estimate of drug-likeness (QED) is 0.794. The maximum absolute atomic E-state index is 6.36. The molecule has 2 N–H and O–H groups in total. The van der Waals surface area contributed by atoms with Gasteiger partial charge in [0.2, 0.25) is 0 Å². The van der Waals surface area contributed by atoms with Gasteiger partial charge < -0.3 is 10.3 Å². The van der Waals surface area contributed by atoms with Crippen molar-refractivity contribution in [2.24, 2.45) is 5.73 Å². The topological polar surface area (TPSA) is 43.8 Å². The van der Waals surface area contributed by atoms with Crippen LogP contribution in [0.4, 0.5) is 0 Å². The molecular weight excluding hydrogens is 282 g/mol. The van der Waals surface area contributed by atoms with Crippen LogP contribution in [0.1, 0.15) is 12.5 Å². The zero-order valence-corrected chi connectivity index (χ0v) is 12.8. The van der Waals surface area contributed by atoms with Crippen molar-refractivity contribution in [3.63, 3.8) is 0 Å². The number of rotatable bonds is 4. The van der Waals surface area contributed by atoms with E-state index in [4.69, 9.17) is 22.3 Å². The van der Waals surface area contributed by atoms with Crippen LogP contribution in [0.25, 0.3) is 22.4 Å². The first-order valence-electron chi connectivity index (χ1n) is 7.19. The number of hydrogen-bond acceptors (Lipinski definition) is 2. The second-order valence-electron chi connectivity index (χ2n) is 4.98. The fourth-order valence-corrected chi connectivity index (χ4v) is 3.04. The van der Waals surface area contributed by atoms with Crippen LogP contribution in [0.15, 0.2) is 42.5 Å². The third kappa shape index (κ3) is 2.43. The lowest BCUT2D eigenvalue weighted by molar-refractivity contribution is 0.794. The highest BCUT2D eigenvalue weighted by molar-refractivity contribution is 6.35. The first kappa shape index (κ1) is 14.1. The van der Waals surface area contributed by atoms with Crippen molar-refractivity contribution in [1.82, 2.24) is 9.55 Å². The summed E-state index contributed by atoms with van der Waals surface area (Å²) in [5.74, 6) is 0.963. The van der Waals surface area contributed by atoms with Gasteiger partial charge in [0.25, 0.3) is 0 Å². The molecule has 0 atom stereocenters. The Bertz CT molecular complexity index is 777. The first-order chi connectivity index (χ1) is 10.3. The van der Waals surface area contributed by atoms with Crippen LogP contribution in [-0.2, 0) is 13.0 Å². The van der Waals surface area contributed by atoms with Crippen molar-refractivity contribution in [2.75, 3.05) is 6.54 Å². The predicted octanol–water partition coefficient (Wildman–Crippen LogP) is 3.88. The van der Waals surface area contributed by atoms with E-state index < -0.39 is 0 Å². The van der Waals surface area contributed by atoms with Crippen LogP contribution >= 0.6 is 11.6 Å². The number of hydrogen-bond donors (Lipinski definition) is 1. The van der Waals surface area contributed by atoms with E-state index in [0.29, 0.717) is 6.54 Å². The molecule has 3 aromatic rings. The summed E-state index contributed by atoms with van der Waals surface area (Å²) in [6, 6.07) is 14.1. The van der Waals surface area contributed by atoms with Crippen molar-refractivity contribution >= 4 is 22.6 Å². The molecular formula is C17H18ClN3. The molecule has 2 aromatic carbocycles. The van der Waals surface area contributed by atoms with Gasteiger partial charge in [0.05, 0.1) is 16.1 Å². The van der Waals surface area contributed by atoms with Gasteiger partial charge in [-0.2, -0.15) is 0 Å². The van der Waals surface area contributed by atoms with Gasteiger partial charge in [-0.25, -0.2) is 4.98 Å². The first-order valence-corrected chi connectivity index (χ1v) is 7.57. The summed E-state index contributed by atoms with van der Waals surface area (Å²) < 4.78 is 2.17. The molecule has 3 nitrogen and oxygen atoms in total. The Kier molecular flexibility index (Phi) is 3.95. The highest BCUT2D eigenvalue weighted by Crippen LogP contribution is 2.31. The number of imidazole rings is 1. The molecule has 0 aliphatic carbocycles. The minimum atomic E-state index is 0.629.